The van der Waals surface area contributed by atoms with Crippen LogP contribution in [0.4, 0.5) is 24.5 Å². The minimum Gasteiger partial charge on any atom is -0.453 e. The molecule has 0 radical (unpaired) electrons. The van der Waals surface area contributed by atoms with Crippen LogP contribution in [0.25, 0.3) is 0 Å². The van der Waals surface area contributed by atoms with Crippen LogP contribution in [-0.2, 0) is 9.92 Å². The Morgan fingerprint density at radius 2 is 1.54 bits per heavy atom. The fraction of sp³-hybridized carbons (Fsp3) is 0.400. The van der Waals surface area contributed by atoms with E-state index in [0.29, 0.717) is 36.8 Å². The van der Waals surface area contributed by atoms with E-state index in [4.69, 9.17) is 4.74 Å². The van der Waals surface area contributed by atoms with E-state index in [1.165, 1.54) is 12.1 Å². The van der Waals surface area contributed by atoms with Crippen molar-refractivity contribution in [3.63, 3.8) is 0 Å². The molecule has 0 bridgehead atoms. The molecule has 1 unspecified atom stereocenters. The first kappa shape index (κ1) is 27.9. The fourth-order valence-corrected chi connectivity index (χ4v) is 7.50. The van der Waals surface area contributed by atoms with Crippen molar-refractivity contribution in [2.24, 2.45) is 10.3 Å². The summed E-state index contributed by atoms with van der Waals surface area (Å²) in [5.74, 6) is 1.33. The lowest BCUT2D eigenvalue weighted by atomic mass is 9.98. The summed E-state index contributed by atoms with van der Waals surface area (Å²) >= 11 is 0. The number of hydrogen-bond donors (Lipinski definition) is 2. The lowest BCUT2D eigenvalue weighted by Crippen LogP contribution is -2.52. The van der Waals surface area contributed by atoms with Crippen molar-refractivity contribution in [1.82, 2.24) is 4.72 Å². The Labute approximate surface area is 237 Å². The Bertz CT molecular complexity index is 1460. The molecule has 2 N–H and O–H groups in total. The molecule has 11 heteroatoms. The summed E-state index contributed by atoms with van der Waals surface area (Å²) in [6.45, 7) is 0.378. The van der Waals surface area contributed by atoms with Gasteiger partial charge in [-0.1, -0.05) is 37.1 Å². The van der Waals surface area contributed by atoms with Crippen molar-refractivity contribution in [2.75, 3.05) is 11.4 Å². The average Bonchev–Trinajstić information content (AvgIpc) is 3.80. The molecule has 41 heavy (non-hydrogen) atoms. The van der Waals surface area contributed by atoms with Crippen LogP contribution < -0.4 is 19.1 Å². The molecule has 7 nitrogen and oxygen atoms in total. The minimum absolute atomic E-state index is 0.253. The van der Waals surface area contributed by atoms with Crippen LogP contribution in [0.5, 0.6) is 17.2 Å². The summed E-state index contributed by atoms with van der Waals surface area (Å²) in [6.07, 6.45) is -0.832. The number of anilines is 2. The molecular formula is C30H32F3N3O4S. The highest BCUT2D eigenvalue weighted by molar-refractivity contribution is 7.91. The van der Waals surface area contributed by atoms with Crippen molar-refractivity contribution < 1.29 is 32.0 Å². The lowest BCUT2D eigenvalue weighted by Gasteiger charge is -2.41. The Morgan fingerprint density at radius 3 is 2.15 bits per heavy atom. The number of nitrogens with zero attached hydrogens (tertiary/aromatic N) is 2. The number of alkyl halides is 3. The SMILES string of the molecule is O=S(=NCC1CC1)(N[C@H]1CCCC[C@@H](N2c3ccccc3Oc3ccccc32)[C@H]1O)c1ccc(OC(F)(F)F)cc1. The molecule has 0 amide bonds. The number of halogens is 3. The fourth-order valence-electron chi connectivity index (χ4n) is 5.55. The molecule has 1 aliphatic heterocycles. The summed E-state index contributed by atoms with van der Waals surface area (Å²) in [4.78, 5) is 2.37. The molecule has 2 fully saturated rings. The number of nitrogens with one attached hydrogen (secondary N) is 1. The van der Waals surface area contributed by atoms with Crippen molar-refractivity contribution in [1.29, 1.82) is 0 Å². The quantitative estimate of drug-likeness (QED) is 0.293. The highest BCUT2D eigenvalue weighted by atomic mass is 32.2. The van der Waals surface area contributed by atoms with Crippen LogP contribution in [0.2, 0.25) is 0 Å². The largest absolute Gasteiger partial charge is 0.573 e. The molecule has 0 spiro atoms. The van der Waals surface area contributed by atoms with Crippen molar-refractivity contribution >= 4 is 21.3 Å². The number of hydrogen-bond acceptors (Lipinski definition) is 6. The second-order valence-electron chi connectivity index (χ2n) is 10.8. The van der Waals surface area contributed by atoms with Crippen LogP contribution in [0.15, 0.2) is 82.1 Å². The highest BCUT2D eigenvalue weighted by Gasteiger charge is 2.40. The second-order valence-corrected chi connectivity index (χ2v) is 12.8. The molecule has 4 atom stereocenters. The Morgan fingerprint density at radius 1 is 0.927 bits per heavy atom. The first-order valence-corrected chi connectivity index (χ1v) is 15.4. The van der Waals surface area contributed by atoms with Gasteiger partial charge in [-0.15, -0.1) is 13.2 Å². The van der Waals surface area contributed by atoms with Gasteiger partial charge in [0.2, 0.25) is 0 Å². The number of para-hydroxylation sites is 4. The van der Waals surface area contributed by atoms with Gasteiger partial charge in [-0.2, -0.15) is 0 Å². The number of ether oxygens (including phenoxy) is 2. The topological polar surface area (TPSA) is 83.4 Å². The van der Waals surface area contributed by atoms with E-state index in [0.717, 1.165) is 49.2 Å². The molecule has 2 saturated carbocycles. The monoisotopic (exact) mass is 587 g/mol. The maximum Gasteiger partial charge on any atom is 0.573 e. The molecule has 3 aromatic carbocycles. The van der Waals surface area contributed by atoms with Crippen molar-refractivity contribution in [2.45, 2.75) is 68.0 Å². The van der Waals surface area contributed by atoms with Crippen LogP contribution >= 0.6 is 0 Å². The number of benzene rings is 3. The van der Waals surface area contributed by atoms with E-state index in [1.54, 1.807) is 0 Å². The third kappa shape index (κ3) is 6.17. The van der Waals surface area contributed by atoms with Gasteiger partial charge in [0.05, 0.1) is 35.0 Å². The summed E-state index contributed by atoms with van der Waals surface area (Å²) in [5, 5.41) is 11.9. The minimum atomic E-state index is -4.83. The lowest BCUT2D eigenvalue weighted by molar-refractivity contribution is -0.274. The molecular weight excluding hydrogens is 555 g/mol. The molecule has 3 aromatic rings. The highest BCUT2D eigenvalue weighted by Crippen LogP contribution is 2.49. The Kier molecular flexibility index (Phi) is 7.60. The first-order valence-electron chi connectivity index (χ1n) is 13.9. The van der Waals surface area contributed by atoms with Gasteiger partial charge in [0.15, 0.2) is 11.5 Å². The number of fused-ring (bicyclic) bond motifs is 2. The summed E-state index contributed by atoms with van der Waals surface area (Å²) in [6, 6.07) is 19.4. The first-order chi connectivity index (χ1) is 19.7. The zero-order valence-electron chi connectivity index (χ0n) is 22.3. The average molecular weight is 588 g/mol. The third-order valence-electron chi connectivity index (χ3n) is 7.77. The van der Waals surface area contributed by atoms with Gasteiger partial charge >= 0.3 is 6.36 Å². The van der Waals surface area contributed by atoms with Gasteiger partial charge in [-0.3, -0.25) is 0 Å². The van der Waals surface area contributed by atoms with Gasteiger partial charge < -0.3 is 19.5 Å². The van der Waals surface area contributed by atoms with E-state index in [1.807, 2.05) is 48.5 Å². The molecule has 0 aromatic heterocycles. The van der Waals surface area contributed by atoms with Gasteiger partial charge in [-0.25, -0.2) is 13.3 Å². The van der Waals surface area contributed by atoms with Crippen LogP contribution in [0, 0.1) is 5.92 Å². The standard InChI is InChI=1S/C30H32F3N3O4S/c31-30(32,33)40-21-15-17-22(18-16-21)41(38,34-19-20-13-14-20)35-23-7-1-2-10-26(29(23)37)36-24-8-3-5-11-27(24)39-28-12-6-4-9-25(28)36/h3-6,8-9,11-12,15-18,20,23,26,29,37H,1-2,7,10,13-14,19H2,(H,34,35,38)/t23-,26+,29-,41?/m0/s1. The zero-order chi connectivity index (χ0) is 28.6. The molecule has 6 rings (SSSR count). The summed E-state index contributed by atoms with van der Waals surface area (Å²) in [5.41, 5.74) is 1.69. The van der Waals surface area contributed by atoms with Gasteiger partial charge in [0.1, 0.15) is 15.7 Å². The van der Waals surface area contributed by atoms with Crippen LogP contribution in [0.1, 0.15) is 38.5 Å². The van der Waals surface area contributed by atoms with Crippen molar-refractivity contribution in [3.8, 4) is 17.2 Å². The summed E-state index contributed by atoms with van der Waals surface area (Å²) in [7, 11) is -3.27. The predicted molar refractivity (Wildman–Crippen MR) is 150 cm³/mol. The van der Waals surface area contributed by atoms with E-state index in [9.17, 15) is 22.5 Å². The summed E-state index contributed by atoms with van der Waals surface area (Å²) < 4.78 is 70.5. The Balaban J connectivity index is 1.32. The van der Waals surface area contributed by atoms with E-state index in [-0.39, 0.29) is 10.9 Å². The zero-order valence-corrected chi connectivity index (χ0v) is 23.1. The molecule has 218 valence electrons. The van der Waals surface area contributed by atoms with Crippen LogP contribution in [-0.4, -0.2) is 40.4 Å². The smallest absolute Gasteiger partial charge is 0.453 e. The maximum absolute atomic E-state index is 14.4. The molecule has 2 aliphatic carbocycles. The third-order valence-corrected chi connectivity index (χ3v) is 9.82. The predicted octanol–water partition coefficient (Wildman–Crippen LogP) is 6.94. The van der Waals surface area contributed by atoms with Gasteiger partial charge in [0, 0.05) is 6.04 Å². The molecule has 1 heterocycles. The van der Waals surface area contributed by atoms with Gasteiger partial charge in [0.25, 0.3) is 0 Å². The Hall–Kier alpha value is -3.28. The van der Waals surface area contributed by atoms with Crippen LogP contribution in [0.3, 0.4) is 0 Å². The number of rotatable bonds is 7. The second kappa shape index (κ2) is 11.2. The van der Waals surface area contributed by atoms with E-state index >= 15 is 0 Å². The van der Waals surface area contributed by atoms with Crippen molar-refractivity contribution in [3.05, 3.63) is 72.8 Å². The molecule has 0 saturated heterocycles. The number of aliphatic hydroxyl groups is 1. The normalized spacial score (nSPS) is 23.8. The van der Waals surface area contributed by atoms with E-state index < -0.39 is 34.2 Å². The maximum atomic E-state index is 14.4. The number of aliphatic hydroxyl groups excluding tert-OH is 1. The molecule has 3 aliphatic rings. The van der Waals surface area contributed by atoms with Gasteiger partial charge in [-0.05, 0) is 80.1 Å². The van der Waals surface area contributed by atoms with E-state index in [2.05, 4.69) is 18.7 Å².